The van der Waals surface area contributed by atoms with Crippen LogP contribution in [0.15, 0.2) is 30.5 Å². The molecule has 13 heavy (non-hydrogen) atoms. The molecule has 0 spiro atoms. The first-order chi connectivity index (χ1) is 6.20. The number of aromatic hydroxyl groups is 1. The Bertz CT molecular complexity index is 473. The van der Waals surface area contributed by atoms with Gasteiger partial charge in [-0.15, -0.1) is 0 Å². The molecular weight excluding hydrogens is 170 g/mol. The van der Waals surface area contributed by atoms with Gasteiger partial charge in [0.2, 0.25) is 5.88 Å². The van der Waals surface area contributed by atoms with Crippen molar-refractivity contribution in [2.75, 3.05) is 0 Å². The van der Waals surface area contributed by atoms with E-state index in [2.05, 4.69) is 0 Å². The van der Waals surface area contributed by atoms with Crippen molar-refractivity contribution in [3.8, 4) is 5.88 Å². The van der Waals surface area contributed by atoms with E-state index in [-0.39, 0.29) is 5.88 Å². The van der Waals surface area contributed by atoms with Crippen molar-refractivity contribution >= 4 is 16.9 Å². The van der Waals surface area contributed by atoms with Crippen molar-refractivity contribution in [2.45, 2.75) is 0 Å². The summed E-state index contributed by atoms with van der Waals surface area (Å²) in [4.78, 5) is 10.6. The Labute approximate surface area is 73.6 Å². The first-order valence-electron chi connectivity index (χ1n) is 3.72. The number of hydrogen-bond acceptors (Lipinski definition) is 2. The maximum Gasteiger partial charge on any atom is 0.418 e. The van der Waals surface area contributed by atoms with Gasteiger partial charge in [0, 0.05) is 17.0 Å². The molecule has 2 N–H and O–H groups in total. The number of aromatic nitrogens is 1. The maximum absolute atomic E-state index is 10.6. The Balaban J connectivity index is 2.81. The van der Waals surface area contributed by atoms with Gasteiger partial charge < -0.3 is 10.2 Å². The molecule has 4 nitrogen and oxygen atoms in total. The molecule has 2 rings (SSSR count). The zero-order valence-electron chi connectivity index (χ0n) is 6.64. The number of fused-ring (bicyclic) bond motifs is 1. The lowest BCUT2D eigenvalue weighted by atomic mass is 10.2. The van der Waals surface area contributed by atoms with Crippen molar-refractivity contribution in [3.63, 3.8) is 0 Å². The van der Waals surface area contributed by atoms with Crippen molar-refractivity contribution in [3.05, 3.63) is 30.5 Å². The zero-order valence-corrected chi connectivity index (χ0v) is 6.64. The summed E-state index contributed by atoms with van der Waals surface area (Å²) in [5.74, 6) is -0.233. The minimum Gasteiger partial charge on any atom is -0.494 e. The number of carbonyl (C=O) groups is 1. The highest BCUT2D eigenvalue weighted by Gasteiger charge is 2.11. The average molecular weight is 177 g/mol. The van der Waals surface area contributed by atoms with Gasteiger partial charge >= 0.3 is 6.09 Å². The smallest absolute Gasteiger partial charge is 0.418 e. The minimum absolute atomic E-state index is 0.233. The van der Waals surface area contributed by atoms with E-state index in [0.29, 0.717) is 10.8 Å². The third-order valence-corrected chi connectivity index (χ3v) is 1.90. The van der Waals surface area contributed by atoms with Crippen molar-refractivity contribution in [2.24, 2.45) is 0 Å². The van der Waals surface area contributed by atoms with Crippen molar-refractivity contribution in [1.82, 2.24) is 4.57 Å². The minimum atomic E-state index is -1.19. The summed E-state index contributed by atoms with van der Waals surface area (Å²) in [5.41, 5.74) is 0. The summed E-state index contributed by atoms with van der Waals surface area (Å²) in [6, 6.07) is 6.95. The Kier molecular flexibility index (Phi) is 1.48. The molecule has 0 bridgehead atoms. The van der Waals surface area contributed by atoms with E-state index in [4.69, 9.17) is 5.11 Å². The van der Waals surface area contributed by atoms with E-state index in [0.717, 1.165) is 4.57 Å². The van der Waals surface area contributed by atoms with Gasteiger partial charge in [-0.3, -0.25) is 0 Å². The summed E-state index contributed by atoms with van der Waals surface area (Å²) in [6.07, 6.45) is 0.196. The fraction of sp³-hybridized carbons (Fsp3) is 0. The molecule has 66 valence electrons. The van der Waals surface area contributed by atoms with Crippen LogP contribution in [-0.2, 0) is 0 Å². The Morgan fingerprint density at radius 1 is 1.31 bits per heavy atom. The SMILES string of the molecule is O=C(O)n1cc2ccccc2c1O. The monoisotopic (exact) mass is 177 g/mol. The predicted molar refractivity (Wildman–Crippen MR) is 47.0 cm³/mol. The molecule has 2 aromatic rings. The van der Waals surface area contributed by atoms with Crippen LogP contribution in [0.5, 0.6) is 5.88 Å². The molecule has 0 aliphatic carbocycles. The van der Waals surface area contributed by atoms with Crippen LogP contribution in [0, 0.1) is 0 Å². The third kappa shape index (κ3) is 1.03. The molecule has 0 saturated carbocycles. The molecule has 0 aliphatic heterocycles. The topological polar surface area (TPSA) is 62.5 Å². The van der Waals surface area contributed by atoms with E-state index in [1.165, 1.54) is 6.20 Å². The summed E-state index contributed by atoms with van der Waals surface area (Å²) in [6.45, 7) is 0. The van der Waals surface area contributed by atoms with Crippen molar-refractivity contribution < 1.29 is 15.0 Å². The van der Waals surface area contributed by atoms with Crippen LogP contribution >= 0.6 is 0 Å². The molecule has 1 aromatic carbocycles. The van der Waals surface area contributed by atoms with Gasteiger partial charge in [-0.25, -0.2) is 9.36 Å². The lowest BCUT2D eigenvalue weighted by Crippen LogP contribution is -2.04. The Hall–Kier alpha value is -1.97. The second-order valence-electron chi connectivity index (χ2n) is 2.69. The summed E-state index contributed by atoms with van der Waals surface area (Å²) >= 11 is 0. The highest BCUT2D eigenvalue weighted by Crippen LogP contribution is 2.26. The van der Waals surface area contributed by atoms with Gasteiger partial charge in [0.25, 0.3) is 0 Å². The highest BCUT2D eigenvalue weighted by molar-refractivity contribution is 5.92. The van der Waals surface area contributed by atoms with E-state index in [1.807, 2.05) is 0 Å². The summed E-state index contributed by atoms with van der Waals surface area (Å²) < 4.78 is 0.796. The molecular formula is C9H7NO3. The molecule has 0 aliphatic rings. The molecule has 0 fully saturated rings. The van der Waals surface area contributed by atoms with Crippen LogP contribution in [0.4, 0.5) is 4.79 Å². The van der Waals surface area contributed by atoms with Crippen LogP contribution in [0.25, 0.3) is 10.8 Å². The van der Waals surface area contributed by atoms with Crippen LogP contribution in [0.2, 0.25) is 0 Å². The van der Waals surface area contributed by atoms with Gasteiger partial charge in [-0.05, 0) is 6.07 Å². The molecule has 0 atom stereocenters. The summed E-state index contributed by atoms with van der Waals surface area (Å²) in [5, 5.41) is 19.4. The Morgan fingerprint density at radius 3 is 2.62 bits per heavy atom. The standard InChI is InChI=1S/C9H7NO3/c11-8-7-4-2-1-3-6(7)5-10(8)9(12)13/h1-5,11H,(H,12,13). The van der Waals surface area contributed by atoms with E-state index >= 15 is 0 Å². The lowest BCUT2D eigenvalue weighted by molar-refractivity contribution is 0.193. The van der Waals surface area contributed by atoms with Crippen LogP contribution in [0.1, 0.15) is 0 Å². The molecule has 4 heteroatoms. The van der Waals surface area contributed by atoms with Gasteiger partial charge in [0.15, 0.2) is 0 Å². The predicted octanol–water partition coefficient (Wildman–Crippen LogP) is 1.87. The highest BCUT2D eigenvalue weighted by atomic mass is 16.4. The third-order valence-electron chi connectivity index (χ3n) is 1.90. The second kappa shape index (κ2) is 2.52. The van der Waals surface area contributed by atoms with E-state index < -0.39 is 6.09 Å². The number of rotatable bonds is 0. The molecule has 0 saturated heterocycles. The maximum atomic E-state index is 10.6. The van der Waals surface area contributed by atoms with Gasteiger partial charge in [-0.1, -0.05) is 18.2 Å². The molecule has 1 aromatic heterocycles. The second-order valence-corrected chi connectivity index (χ2v) is 2.69. The van der Waals surface area contributed by atoms with Crippen LogP contribution in [0.3, 0.4) is 0 Å². The van der Waals surface area contributed by atoms with Crippen molar-refractivity contribution in [1.29, 1.82) is 0 Å². The van der Waals surface area contributed by atoms with Gasteiger partial charge in [0.05, 0.1) is 0 Å². The molecule has 0 radical (unpaired) electrons. The normalized spacial score (nSPS) is 10.5. The summed E-state index contributed by atoms with van der Waals surface area (Å²) in [7, 11) is 0. The largest absolute Gasteiger partial charge is 0.494 e. The molecule has 0 amide bonds. The zero-order chi connectivity index (χ0) is 9.42. The van der Waals surface area contributed by atoms with Crippen LogP contribution in [-0.4, -0.2) is 20.9 Å². The number of nitrogens with zero attached hydrogens (tertiary/aromatic N) is 1. The van der Waals surface area contributed by atoms with Gasteiger partial charge in [0.1, 0.15) is 0 Å². The lowest BCUT2D eigenvalue weighted by Gasteiger charge is -1.94. The quantitative estimate of drug-likeness (QED) is 0.645. The van der Waals surface area contributed by atoms with Gasteiger partial charge in [-0.2, -0.15) is 0 Å². The number of hydrogen-bond donors (Lipinski definition) is 2. The average Bonchev–Trinajstić information content (AvgIpc) is 2.45. The first-order valence-corrected chi connectivity index (χ1v) is 3.72. The van der Waals surface area contributed by atoms with E-state index in [9.17, 15) is 9.90 Å². The molecule has 0 unspecified atom stereocenters. The fourth-order valence-electron chi connectivity index (χ4n) is 1.29. The molecule has 1 heterocycles. The van der Waals surface area contributed by atoms with E-state index in [1.54, 1.807) is 24.3 Å². The number of carboxylic acid groups (broad SMARTS) is 1. The number of benzene rings is 1. The Morgan fingerprint density at radius 2 is 2.00 bits per heavy atom. The first kappa shape index (κ1) is 7.67. The van der Waals surface area contributed by atoms with Crippen LogP contribution < -0.4 is 0 Å². The fourth-order valence-corrected chi connectivity index (χ4v) is 1.29.